The van der Waals surface area contributed by atoms with Crippen molar-refractivity contribution in [2.45, 2.75) is 58.1 Å². The van der Waals surface area contributed by atoms with E-state index in [4.69, 9.17) is 4.52 Å². The summed E-state index contributed by atoms with van der Waals surface area (Å²) in [5, 5.41) is 13.9. The summed E-state index contributed by atoms with van der Waals surface area (Å²) in [6.07, 6.45) is 4.76. The molecule has 0 amide bonds. The van der Waals surface area contributed by atoms with Crippen LogP contribution in [0, 0.1) is 0 Å². The highest BCUT2D eigenvalue weighted by Crippen LogP contribution is 2.22. The van der Waals surface area contributed by atoms with Crippen molar-refractivity contribution in [3.8, 4) is 0 Å². The van der Waals surface area contributed by atoms with Gasteiger partial charge in [0.05, 0.1) is 12.1 Å². The summed E-state index contributed by atoms with van der Waals surface area (Å²) in [4.78, 5) is 6.66. The van der Waals surface area contributed by atoms with Crippen LogP contribution in [0.1, 0.15) is 51.2 Å². The summed E-state index contributed by atoms with van der Waals surface area (Å²) >= 11 is 0. The number of hydrogen-bond donors (Lipinski definition) is 1. The molecule has 2 heterocycles. The number of piperidine rings is 1. The van der Waals surface area contributed by atoms with Gasteiger partial charge in [0.2, 0.25) is 5.89 Å². The lowest BCUT2D eigenvalue weighted by atomic mass is 9.94. The standard InChI is InChI=1S/C13H23N3O2/c1-3-4-5-11-14-12(18-15-11)10-16-8-6-13(2,17)7-9-16/h17H,3-10H2,1-2H3. The average Bonchev–Trinajstić information content (AvgIpc) is 2.77. The lowest BCUT2D eigenvalue weighted by molar-refractivity contribution is -0.00944. The first-order valence-corrected chi connectivity index (χ1v) is 6.85. The van der Waals surface area contributed by atoms with Gasteiger partial charge < -0.3 is 9.63 Å². The second-order valence-corrected chi connectivity index (χ2v) is 5.48. The first-order valence-electron chi connectivity index (χ1n) is 6.85. The van der Waals surface area contributed by atoms with Crippen molar-refractivity contribution >= 4 is 0 Å². The molecule has 0 radical (unpaired) electrons. The van der Waals surface area contributed by atoms with Gasteiger partial charge in [-0.1, -0.05) is 18.5 Å². The fourth-order valence-corrected chi connectivity index (χ4v) is 2.17. The van der Waals surface area contributed by atoms with Crippen LogP contribution < -0.4 is 0 Å². The largest absolute Gasteiger partial charge is 0.390 e. The van der Waals surface area contributed by atoms with E-state index in [9.17, 15) is 5.11 Å². The molecule has 102 valence electrons. The van der Waals surface area contributed by atoms with Gasteiger partial charge in [0.15, 0.2) is 5.82 Å². The summed E-state index contributed by atoms with van der Waals surface area (Å²) < 4.78 is 5.25. The molecule has 1 fully saturated rings. The predicted molar refractivity (Wildman–Crippen MR) is 68.0 cm³/mol. The molecule has 5 heteroatoms. The summed E-state index contributed by atoms with van der Waals surface area (Å²) in [5.74, 6) is 1.51. The molecule has 18 heavy (non-hydrogen) atoms. The van der Waals surface area contributed by atoms with E-state index in [0.717, 1.165) is 51.0 Å². The number of aryl methyl sites for hydroxylation is 1. The van der Waals surface area contributed by atoms with E-state index in [-0.39, 0.29) is 0 Å². The number of rotatable bonds is 5. The van der Waals surface area contributed by atoms with Gasteiger partial charge in [-0.25, -0.2) is 0 Å². The Morgan fingerprint density at radius 3 is 2.78 bits per heavy atom. The van der Waals surface area contributed by atoms with Crippen LogP contribution in [0.2, 0.25) is 0 Å². The summed E-state index contributed by atoms with van der Waals surface area (Å²) in [7, 11) is 0. The Bertz CT molecular complexity index is 366. The van der Waals surface area contributed by atoms with Crippen molar-refractivity contribution in [3.63, 3.8) is 0 Å². The van der Waals surface area contributed by atoms with Gasteiger partial charge in [-0.2, -0.15) is 4.98 Å². The Morgan fingerprint density at radius 1 is 1.39 bits per heavy atom. The fraction of sp³-hybridized carbons (Fsp3) is 0.846. The molecule has 5 nitrogen and oxygen atoms in total. The smallest absolute Gasteiger partial charge is 0.240 e. The van der Waals surface area contributed by atoms with E-state index in [1.165, 1.54) is 0 Å². The summed E-state index contributed by atoms with van der Waals surface area (Å²) in [6.45, 7) is 6.54. The Morgan fingerprint density at radius 2 is 2.11 bits per heavy atom. The van der Waals surface area contributed by atoms with Crippen molar-refractivity contribution in [1.82, 2.24) is 15.0 Å². The van der Waals surface area contributed by atoms with E-state index in [0.29, 0.717) is 12.4 Å². The summed E-state index contributed by atoms with van der Waals surface area (Å²) in [6, 6.07) is 0. The Labute approximate surface area is 108 Å². The lowest BCUT2D eigenvalue weighted by Gasteiger charge is -2.34. The van der Waals surface area contributed by atoms with E-state index in [1.54, 1.807) is 0 Å². The van der Waals surface area contributed by atoms with Gasteiger partial charge >= 0.3 is 0 Å². The Balaban J connectivity index is 1.81. The number of aromatic nitrogens is 2. The molecule has 0 unspecified atom stereocenters. The molecule has 1 aromatic heterocycles. The zero-order valence-electron chi connectivity index (χ0n) is 11.4. The second-order valence-electron chi connectivity index (χ2n) is 5.48. The van der Waals surface area contributed by atoms with Crippen molar-refractivity contribution < 1.29 is 9.63 Å². The van der Waals surface area contributed by atoms with Crippen LogP contribution >= 0.6 is 0 Å². The van der Waals surface area contributed by atoms with Gasteiger partial charge in [0, 0.05) is 19.5 Å². The second kappa shape index (κ2) is 5.80. The first kappa shape index (κ1) is 13.5. The first-order chi connectivity index (χ1) is 8.59. The fourth-order valence-electron chi connectivity index (χ4n) is 2.17. The molecular weight excluding hydrogens is 230 g/mol. The molecule has 1 N–H and O–H groups in total. The molecule has 1 saturated heterocycles. The third-order valence-electron chi connectivity index (χ3n) is 3.56. The molecule has 1 aliphatic rings. The highest BCUT2D eigenvalue weighted by molar-refractivity contribution is 4.89. The van der Waals surface area contributed by atoms with Crippen molar-refractivity contribution in [3.05, 3.63) is 11.7 Å². The molecule has 0 saturated carbocycles. The van der Waals surface area contributed by atoms with Crippen molar-refractivity contribution in [2.75, 3.05) is 13.1 Å². The highest BCUT2D eigenvalue weighted by Gasteiger charge is 2.27. The topological polar surface area (TPSA) is 62.4 Å². The molecule has 0 spiro atoms. The maximum atomic E-state index is 9.88. The van der Waals surface area contributed by atoms with Crippen LogP contribution in [0.15, 0.2) is 4.52 Å². The SMILES string of the molecule is CCCCc1noc(CN2CCC(C)(O)CC2)n1. The number of nitrogens with zero attached hydrogens (tertiary/aromatic N) is 3. The molecule has 2 rings (SSSR count). The van der Waals surface area contributed by atoms with Crippen LogP contribution in [0.3, 0.4) is 0 Å². The van der Waals surface area contributed by atoms with Crippen LogP contribution in [0.4, 0.5) is 0 Å². The Hall–Kier alpha value is -0.940. The Kier molecular flexibility index (Phi) is 4.35. The molecular formula is C13H23N3O2. The minimum Gasteiger partial charge on any atom is -0.390 e. The van der Waals surface area contributed by atoms with Crippen LogP contribution in [-0.4, -0.2) is 38.8 Å². The van der Waals surface area contributed by atoms with Gasteiger partial charge in [-0.3, -0.25) is 4.90 Å². The molecule has 0 aliphatic carbocycles. The van der Waals surface area contributed by atoms with Crippen LogP contribution in [-0.2, 0) is 13.0 Å². The minimum absolute atomic E-state index is 0.502. The van der Waals surface area contributed by atoms with Crippen LogP contribution in [0.5, 0.6) is 0 Å². The zero-order valence-corrected chi connectivity index (χ0v) is 11.4. The van der Waals surface area contributed by atoms with Crippen molar-refractivity contribution in [1.29, 1.82) is 0 Å². The molecule has 0 aromatic carbocycles. The highest BCUT2D eigenvalue weighted by atomic mass is 16.5. The third-order valence-corrected chi connectivity index (χ3v) is 3.56. The van der Waals surface area contributed by atoms with E-state index in [2.05, 4.69) is 22.0 Å². The summed E-state index contributed by atoms with van der Waals surface area (Å²) in [5.41, 5.74) is -0.502. The molecule has 1 aromatic rings. The quantitative estimate of drug-likeness (QED) is 0.866. The molecule has 0 bridgehead atoms. The third kappa shape index (κ3) is 3.78. The number of likely N-dealkylation sites (tertiary alicyclic amines) is 1. The maximum Gasteiger partial charge on any atom is 0.240 e. The van der Waals surface area contributed by atoms with Gasteiger partial charge in [0.25, 0.3) is 0 Å². The van der Waals surface area contributed by atoms with E-state index in [1.807, 2.05) is 6.92 Å². The normalized spacial score (nSPS) is 20.2. The number of hydrogen-bond acceptors (Lipinski definition) is 5. The van der Waals surface area contributed by atoms with E-state index >= 15 is 0 Å². The number of unbranched alkanes of at least 4 members (excludes halogenated alkanes) is 1. The number of aliphatic hydroxyl groups is 1. The zero-order chi connectivity index (χ0) is 13.0. The molecule has 0 atom stereocenters. The minimum atomic E-state index is -0.502. The van der Waals surface area contributed by atoms with Gasteiger partial charge in [-0.05, 0) is 26.2 Å². The molecule has 1 aliphatic heterocycles. The average molecular weight is 253 g/mol. The monoisotopic (exact) mass is 253 g/mol. The predicted octanol–water partition coefficient (Wildman–Crippen LogP) is 1.76. The van der Waals surface area contributed by atoms with Crippen molar-refractivity contribution in [2.24, 2.45) is 0 Å². The van der Waals surface area contributed by atoms with E-state index < -0.39 is 5.60 Å². The van der Waals surface area contributed by atoms with Gasteiger partial charge in [0.1, 0.15) is 0 Å². The van der Waals surface area contributed by atoms with Gasteiger partial charge in [-0.15, -0.1) is 0 Å². The maximum absolute atomic E-state index is 9.88. The lowest BCUT2D eigenvalue weighted by Crippen LogP contribution is -2.42. The van der Waals surface area contributed by atoms with Crippen LogP contribution in [0.25, 0.3) is 0 Å².